The molecule has 1 heterocycles. The first kappa shape index (κ1) is 21.0. The fourth-order valence-electron chi connectivity index (χ4n) is 4.52. The molecule has 1 saturated heterocycles. The highest BCUT2D eigenvalue weighted by atomic mass is 35.5. The van der Waals surface area contributed by atoms with E-state index in [1.807, 2.05) is 35.2 Å². The summed E-state index contributed by atoms with van der Waals surface area (Å²) in [5.74, 6) is -0.452. The molecular formula is C25H21Cl2N3O2. The van der Waals surface area contributed by atoms with Gasteiger partial charge in [-0.05, 0) is 76.2 Å². The van der Waals surface area contributed by atoms with Gasteiger partial charge in [0.05, 0.1) is 10.0 Å². The summed E-state index contributed by atoms with van der Waals surface area (Å²) in [7, 11) is 0. The number of nitrogens with one attached hydrogen (secondary N) is 1. The Hall–Kier alpha value is -2.86. The van der Waals surface area contributed by atoms with Crippen molar-refractivity contribution >= 4 is 35.0 Å². The molecule has 2 aliphatic rings. The highest BCUT2D eigenvalue weighted by Crippen LogP contribution is 2.42. The molecule has 5 rings (SSSR count). The Labute approximate surface area is 196 Å². The fourth-order valence-corrected chi connectivity index (χ4v) is 4.82. The molecule has 0 spiro atoms. The third-order valence-corrected chi connectivity index (χ3v) is 6.93. The average Bonchev–Trinajstić information content (AvgIpc) is 3.18. The number of primary amides is 1. The second kappa shape index (κ2) is 8.24. The number of carbonyl (C=O) groups excluding carboxylic acids is 2. The van der Waals surface area contributed by atoms with Gasteiger partial charge in [0.1, 0.15) is 0 Å². The predicted octanol–water partition coefficient (Wildman–Crippen LogP) is 4.38. The van der Waals surface area contributed by atoms with Gasteiger partial charge >= 0.3 is 0 Å². The van der Waals surface area contributed by atoms with Crippen molar-refractivity contribution < 1.29 is 9.59 Å². The molecule has 7 heteroatoms. The summed E-state index contributed by atoms with van der Waals surface area (Å²) in [5.41, 5.74) is 12.4. The third-order valence-electron chi connectivity index (χ3n) is 6.19. The minimum absolute atomic E-state index is 0.0264. The maximum atomic E-state index is 13.0. The van der Waals surface area contributed by atoms with Crippen LogP contribution in [-0.2, 0) is 6.42 Å². The average molecular weight is 466 g/mol. The van der Waals surface area contributed by atoms with Crippen LogP contribution in [0.4, 0.5) is 0 Å². The number of nitrogens with zero attached hydrogens (tertiary/aromatic N) is 1. The van der Waals surface area contributed by atoms with Crippen molar-refractivity contribution in [2.75, 3.05) is 26.2 Å². The molecule has 2 amide bonds. The predicted molar refractivity (Wildman–Crippen MR) is 127 cm³/mol. The number of benzene rings is 3. The minimum Gasteiger partial charge on any atom is -0.366 e. The first-order chi connectivity index (χ1) is 15.4. The summed E-state index contributed by atoms with van der Waals surface area (Å²) < 4.78 is 0. The van der Waals surface area contributed by atoms with Crippen LogP contribution in [0.3, 0.4) is 0 Å². The van der Waals surface area contributed by atoms with Crippen LogP contribution < -0.4 is 11.1 Å². The van der Waals surface area contributed by atoms with Gasteiger partial charge in [-0.2, -0.15) is 0 Å². The van der Waals surface area contributed by atoms with Crippen LogP contribution in [-0.4, -0.2) is 42.9 Å². The molecule has 0 atom stereocenters. The Bertz CT molecular complexity index is 1270. The Morgan fingerprint density at radius 2 is 1.66 bits per heavy atom. The molecule has 0 bridgehead atoms. The van der Waals surface area contributed by atoms with Crippen molar-refractivity contribution in [1.29, 1.82) is 0 Å². The maximum Gasteiger partial charge on any atom is 0.253 e. The Balaban J connectivity index is 1.61. The third kappa shape index (κ3) is 3.66. The van der Waals surface area contributed by atoms with E-state index in [4.69, 9.17) is 28.9 Å². The number of halogens is 2. The van der Waals surface area contributed by atoms with Crippen LogP contribution in [0.2, 0.25) is 10.0 Å². The lowest BCUT2D eigenvalue weighted by Gasteiger charge is -2.27. The second-order valence-corrected chi connectivity index (χ2v) is 8.95. The highest BCUT2D eigenvalue weighted by Gasteiger charge is 2.27. The Morgan fingerprint density at radius 3 is 2.38 bits per heavy atom. The lowest BCUT2D eigenvalue weighted by molar-refractivity contribution is 0.0735. The zero-order valence-electron chi connectivity index (χ0n) is 17.3. The smallest absolute Gasteiger partial charge is 0.253 e. The number of hydrogen-bond acceptors (Lipinski definition) is 3. The summed E-state index contributed by atoms with van der Waals surface area (Å²) in [6, 6.07) is 15.0. The van der Waals surface area contributed by atoms with Gasteiger partial charge in [-0.15, -0.1) is 0 Å². The quantitative estimate of drug-likeness (QED) is 0.471. The largest absolute Gasteiger partial charge is 0.366 e. The molecule has 1 aliphatic carbocycles. The van der Waals surface area contributed by atoms with Gasteiger partial charge in [0.2, 0.25) is 5.91 Å². The van der Waals surface area contributed by atoms with Gasteiger partial charge in [-0.1, -0.05) is 35.3 Å². The molecule has 162 valence electrons. The molecule has 3 aromatic rings. The molecule has 3 N–H and O–H groups in total. The first-order valence-electron chi connectivity index (χ1n) is 10.5. The van der Waals surface area contributed by atoms with E-state index in [2.05, 4.69) is 5.32 Å². The van der Waals surface area contributed by atoms with Crippen molar-refractivity contribution in [2.24, 2.45) is 5.73 Å². The summed E-state index contributed by atoms with van der Waals surface area (Å²) in [4.78, 5) is 27.2. The molecule has 32 heavy (non-hydrogen) atoms. The fraction of sp³-hybridized carbons (Fsp3) is 0.200. The number of nitrogens with two attached hydrogens (primary N) is 1. The SMILES string of the molecule is NC(=O)c1cc(-c2ccc(Cl)c(Cl)c2)cc2c1Cc1ccc(C(=O)N3CCNCC3)cc1-2. The molecule has 1 fully saturated rings. The molecule has 0 radical (unpaired) electrons. The number of rotatable bonds is 3. The molecule has 5 nitrogen and oxygen atoms in total. The number of fused-ring (bicyclic) bond motifs is 3. The molecule has 0 unspecified atom stereocenters. The molecule has 0 aromatic heterocycles. The normalized spacial score (nSPS) is 14.8. The van der Waals surface area contributed by atoms with Crippen LogP contribution in [0.5, 0.6) is 0 Å². The summed E-state index contributed by atoms with van der Waals surface area (Å²) >= 11 is 12.3. The van der Waals surface area contributed by atoms with E-state index in [1.54, 1.807) is 18.2 Å². The molecule has 1 aliphatic heterocycles. The molecule has 0 saturated carbocycles. The van der Waals surface area contributed by atoms with Gasteiger partial charge in [-0.3, -0.25) is 9.59 Å². The van der Waals surface area contributed by atoms with Crippen molar-refractivity contribution in [3.05, 3.63) is 80.8 Å². The van der Waals surface area contributed by atoms with Crippen molar-refractivity contribution in [1.82, 2.24) is 10.2 Å². The monoisotopic (exact) mass is 465 g/mol. The maximum absolute atomic E-state index is 13.0. The van der Waals surface area contributed by atoms with E-state index in [0.717, 1.165) is 46.5 Å². The zero-order chi connectivity index (χ0) is 22.4. The van der Waals surface area contributed by atoms with E-state index in [-0.39, 0.29) is 5.91 Å². The highest BCUT2D eigenvalue weighted by molar-refractivity contribution is 6.42. The van der Waals surface area contributed by atoms with E-state index in [0.29, 0.717) is 40.7 Å². The van der Waals surface area contributed by atoms with Crippen molar-refractivity contribution in [3.63, 3.8) is 0 Å². The van der Waals surface area contributed by atoms with E-state index >= 15 is 0 Å². The number of hydrogen-bond donors (Lipinski definition) is 2. The van der Waals surface area contributed by atoms with Crippen LogP contribution in [0, 0.1) is 0 Å². The zero-order valence-corrected chi connectivity index (χ0v) is 18.8. The number of amides is 2. The first-order valence-corrected chi connectivity index (χ1v) is 11.2. The van der Waals surface area contributed by atoms with Gasteiger partial charge < -0.3 is 16.0 Å². The topological polar surface area (TPSA) is 75.4 Å². The second-order valence-electron chi connectivity index (χ2n) is 8.13. The summed E-state index contributed by atoms with van der Waals surface area (Å²) in [6.45, 7) is 2.99. The lowest BCUT2D eigenvalue weighted by Crippen LogP contribution is -2.46. The molecule has 3 aromatic carbocycles. The molecular weight excluding hydrogens is 445 g/mol. The lowest BCUT2D eigenvalue weighted by atomic mass is 9.93. The van der Waals surface area contributed by atoms with Crippen LogP contribution in [0.25, 0.3) is 22.3 Å². The van der Waals surface area contributed by atoms with E-state index < -0.39 is 5.91 Å². The van der Waals surface area contributed by atoms with E-state index in [9.17, 15) is 9.59 Å². The van der Waals surface area contributed by atoms with Gasteiger partial charge in [0.25, 0.3) is 5.91 Å². The van der Waals surface area contributed by atoms with Crippen LogP contribution >= 0.6 is 23.2 Å². The van der Waals surface area contributed by atoms with Gasteiger partial charge in [-0.25, -0.2) is 0 Å². The van der Waals surface area contributed by atoms with Crippen molar-refractivity contribution in [3.8, 4) is 22.3 Å². The Morgan fingerprint density at radius 1 is 0.875 bits per heavy atom. The standard InChI is InChI=1S/C25H21Cl2N3O2/c26-22-4-3-14(13-23(22)27)17-11-19-18-10-16(25(32)30-7-5-29-6-8-30)2-1-15(18)9-20(19)21(12-17)24(28)31/h1-4,10-13,29H,5-9H2,(H2,28,31). The number of piperazine rings is 1. The minimum atomic E-state index is -0.479. The van der Waals surface area contributed by atoms with Crippen LogP contribution in [0.1, 0.15) is 31.8 Å². The summed E-state index contributed by atoms with van der Waals surface area (Å²) in [5, 5.41) is 4.17. The van der Waals surface area contributed by atoms with E-state index in [1.165, 1.54) is 0 Å². The van der Waals surface area contributed by atoms with Gasteiger partial charge in [0, 0.05) is 37.3 Å². The summed E-state index contributed by atoms with van der Waals surface area (Å²) in [6.07, 6.45) is 0.604. The van der Waals surface area contributed by atoms with Crippen molar-refractivity contribution in [2.45, 2.75) is 6.42 Å². The van der Waals surface area contributed by atoms with Gasteiger partial charge in [0.15, 0.2) is 0 Å². The van der Waals surface area contributed by atoms with Crippen LogP contribution in [0.15, 0.2) is 48.5 Å². The number of carbonyl (C=O) groups is 2. The Kier molecular flexibility index (Phi) is 5.41.